The highest BCUT2D eigenvalue weighted by molar-refractivity contribution is 6.03. The van der Waals surface area contributed by atoms with Crippen LogP contribution >= 0.6 is 0 Å². The standard InChI is InChI=1S/C20H15N5O3/c21-8-14-3-1-2-4-15(14)25-20(26)16-10-24-19(11-22-16)23-9-13-5-6-17-18(7-13)28-12-27-17/h1-7,10-11H,9,12H2,(H,23,24)(H,25,26). The van der Waals surface area contributed by atoms with Gasteiger partial charge in [-0.25, -0.2) is 9.97 Å². The zero-order valence-electron chi connectivity index (χ0n) is 14.7. The first kappa shape index (κ1) is 17.3. The molecule has 2 aromatic carbocycles. The fraction of sp³-hybridized carbons (Fsp3) is 0.100. The lowest BCUT2D eigenvalue weighted by molar-refractivity contribution is 0.102. The maximum Gasteiger partial charge on any atom is 0.275 e. The molecule has 0 atom stereocenters. The van der Waals surface area contributed by atoms with E-state index in [1.54, 1.807) is 24.3 Å². The molecule has 2 heterocycles. The fourth-order valence-corrected chi connectivity index (χ4v) is 2.66. The topological polar surface area (TPSA) is 109 Å². The lowest BCUT2D eigenvalue weighted by atomic mass is 10.2. The van der Waals surface area contributed by atoms with E-state index >= 15 is 0 Å². The van der Waals surface area contributed by atoms with Crippen LogP contribution in [-0.4, -0.2) is 22.7 Å². The Morgan fingerprint density at radius 1 is 1.11 bits per heavy atom. The molecule has 0 spiro atoms. The van der Waals surface area contributed by atoms with Gasteiger partial charge in [0.25, 0.3) is 5.91 Å². The van der Waals surface area contributed by atoms with Crippen molar-refractivity contribution >= 4 is 17.4 Å². The van der Waals surface area contributed by atoms with Crippen molar-refractivity contribution in [2.24, 2.45) is 0 Å². The summed E-state index contributed by atoms with van der Waals surface area (Å²) in [6.45, 7) is 0.756. The van der Waals surface area contributed by atoms with Crippen molar-refractivity contribution in [1.82, 2.24) is 9.97 Å². The number of nitrogens with one attached hydrogen (secondary N) is 2. The number of fused-ring (bicyclic) bond motifs is 1. The van der Waals surface area contributed by atoms with Gasteiger partial charge in [-0.1, -0.05) is 18.2 Å². The number of hydrogen-bond acceptors (Lipinski definition) is 7. The van der Waals surface area contributed by atoms with Gasteiger partial charge in [0.2, 0.25) is 6.79 Å². The minimum absolute atomic E-state index is 0.154. The van der Waals surface area contributed by atoms with Gasteiger partial charge in [-0.2, -0.15) is 5.26 Å². The van der Waals surface area contributed by atoms with Crippen LogP contribution in [0.5, 0.6) is 11.5 Å². The van der Waals surface area contributed by atoms with E-state index < -0.39 is 5.91 Å². The third-order valence-corrected chi connectivity index (χ3v) is 4.09. The number of amides is 1. The number of para-hydroxylation sites is 1. The number of carbonyl (C=O) groups is 1. The summed E-state index contributed by atoms with van der Waals surface area (Å²) in [5, 5.41) is 14.9. The highest BCUT2D eigenvalue weighted by Crippen LogP contribution is 2.32. The third kappa shape index (κ3) is 3.68. The number of rotatable bonds is 5. The molecule has 1 amide bonds. The van der Waals surface area contributed by atoms with Crippen LogP contribution in [0.3, 0.4) is 0 Å². The predicted octanol–water partition coefficient (Wildman–Crippen LogP) is 2.94. The van der Waals surface area contributed by atoms with E-state index in [-0.39, 0.29) is 12.5 Å². The number of carbonyl (C=O) groups excluding carboxylic acids is 1. The van der Waals surface area contributed by atoms with Gasteiger partial charge in [0.1, 0.15) is 17.6 Å². The van der Waals surface area contributed by atoms with Crippen molar-refractivity contribution in [3.05, 3.63) is 71.7 Å². The van der Waals surface area contributed by atoms with Gasteiger partial charge in [0, 0.05) is 6.54 Å². The summed E-state index contributed by atoms with van der Waals surface area (Å²) in [5.74, 6) is 1.55. The molecule has 1 aromatic heterocycles. The molecule has 0 unspecified atom stereocenters. The molecule has 3 aromatic rings. The van der Waals surface area contributed by atoms with E-state index in [1.807, 2.05) is 24.3 Å². The van der Waals surface area contributed by atoms with Crippen molar-refractivity contribution in [2.45, 2.75) is 6.54 Å². The molecule has 1 aliphatic heterocycles. The van der Waals surface area contributed by atoms with Crippen LogP contribution in [0.1, 0.15) is 21.6 Å². The molecule has 8 heteroatoms. The van der Waals surface area contributed by atoms with E-state index in [2.05, 4.69) is 20.6 Å². The van der Waals surface area contributed by atoms with E-state index in [0.717, 1.165) is 17.1 Å². The summed E-state index contributed by atoms with van der Waals surface area (Å²) in [6, 6.07) is 14.5. The number of anilines is 2. The Bertz CT molecular complexity index is 1060. The zero-order chi connectivity index (χ0) is 19.3. The molecule has 8 nitrogen and oxygen atoms in total. The Kier molecular flexibility index (Phi) is 4.72. The molecule has 4 rings (SSSR count). The van der Waals surface area contributed by atoms with Crippen LogP contribution < -0.4 is 20.1 Å². The molecule has 0 fully saturated rings. The SMILES string of the molecule is N#Cc1ccccc1NC(=O)c1cnc(NCc2ccc3c(c2)OCO3)cn1. The van der Waals surface area contributed by atoms with Crippen LogP contribution in [0.15, 0.2) is 54.9 Å². The number of benzene rings is 2. The quantitative estimate of drug-likeness (QED) is 0.707. The smallest absolute Gasteiger partial charge is 0.275 e. The van der Waals surface area contributed by atoms with Gasteiger partial charge >= 0.3 is 0 Å². The lowest BCUT2D eigenvalue weighted by Gasteiger charge is -2.08. The summed E-state index contributed by atoms with van der Waals surface area (Å²) in [6.07, 6.45) is 2.87. The number of hydrogen-bond donors (Lipinski definition) is 2. The number of aromatic nitrogens is 2. The Balaban J connectivity index is 1.38. The van der Waals surface area contributed by atoms with Gasteiger partial charge in [0.05, 0.1) is 23.6 Å². The van der Waals surface area contributed by atoms with Gasteiger partial charge < -0.3 is 20.1 Å². The van der Waals surface area contributed by atoms with Crippen molar-refractivity contribution in [3.63, 3.8) is 0 Å². The molecule has 1 aliphatic rings. The molecule has 0 saturated carbocycles. The Morgan fingerprint density at radius 3 is 2.79 bits per heavy atom. The highest BCUT2D eigenvalue weighted by atomic mass is 16.7. The number of nitrogens with zero attached hydrogens (tertiary/aromatic N) is 3. The first-order valence-electron chi connectivity index (χ1n) is 8.48. The Labute approximate surface area is 160 Å². The first-order chi connectivity index (χ1) is 13.7. The van der Waals surface area contributed by atoms with Crippen LogP contribution in [-0.2, 0) is 6.54 Å². The second-order valence-electron chi connectivity index (χ2n) is 5.94. The zero-order valence-corrected chi connectivity index (χ0v) is 14.7. The van der Waals surface area contributed by atoms with Crippen LogP contribution in [0.25, 0.3) is 0 Å². The summed E-state index contributed by atoms with van der Waals surface area (Å²) in [7, 11) is 0. The van der Waals surface area contributed by atoms with Gasteiger partial charge in [-0.3, -0.25) is 4.79 Å². The van der Waals surface area contributed by atoms with Crippen LogP contribution in [0, 0.1) is 11.3 Å². The third-order valence-electron chi connectivity index (χ3n) is 4.09. The maximum absolute atomic E-state index is 12.3. The maximum atomic E-state index is 12.3. The second kappa shape index (κ2) is 7.63. The molecule has 0 aliphatic carbocycles. The molecule has 0 bridgehead atoms. The van der Waals surface area contributed by atoms with Gasteiger partial charge in [-0.05, 0) is 29.8 Å². The average Bonchev–Trinajstić information content (AvgIpc) is 3.21. The molecule has 28 heavy (non-hydrogen) atoms. The molecule has 138 valence electrons. The molecule has 2 N–H and O–H groups in total. The van der Waals surface area contributed by atoms with E-state index in [0.29, 0.717) is 23.6 Å². The Morgan fingerprint density at radius 2 is 1.96 bits per heavy atom. The van der Waals surface area contributed by atoms with E-state index in [9.17, 15) is 4.79 Å². The minimum Gasteiger partial charge on any atom is -0.454 e. The van der Waals surface area contributed by atoms with Crippen molar-refractivity contribution < 1.29 is 14.3 Å². The summed E-state index contributed by atoms with van der Waals surface area (Å²) >= 11 is 0. The summed E-state index contributed by atoms with van der Waals surface area (Å²) in [5.41, 5.74) is 1.97. The van der Waals surface area contributed by atoms with E-state index in [1.165, 1.54) is 12.4 Å². The number of ether oxygens (including phenoxy) is 2. The normalized spacial score (nSPS) is 11.5. The van der Waals surface area contributed by atoms with Crippen LogP contribution in [0.4, 0.5) is 11.5 Å². The van der Waals surface area contributed by atoms with Gasteiger partial charge in [0.15, 0.2) is 11.5 Å². The van der Waals surface area contributed by atoms with E-state index in [4.69, 9.17) is 14.7 Å². The van der Waals surface area contributed by atoms with Crippen molar-refractivity contribution in [1.29, 1.82) is 5.26 Å². The molecular weight excluding hydrogens is 358 g/mol. The first-order valence-corrected chi connectivity index (χ1v) is 8.48. The largest absolute Gasteiger partial charge is 0.454 e. The van der Waals surface area contributed by atoms with Crippen molar-refractivity contribution in [3.8, 4) is 17.6 Å². The predicted molar refractivity (Wildman–Crippen MR) is 101 cm³/mol. The monoisotopic (exact) mass is 373 g/mol. The fourth-order valence-electron chi connectivity index (χ4n) is 2.66. The molecular formula is C20H15N5O3. The average molecular weight is 373 g/mol. The van der Waals surface area contributed by atoms with Crippen LogP contribution in [0.2, 0.25) is 0 Å². The highest BCUT2D eigenvalue weighted by Gasteiger charge is 2.13. The summed E-state index contributed by atoms with van der Waals surface area (Å²) in [4.78, 5) is 20.7. The summed E-state index contributed by atoms with van der Waals surface area (Å²) < 4.78 is 10.6. The molecule has 0 saturated heterocycles. The Hall–Kier alpha value is -4.12. The number of nitriles is 1. The second-order valence-corrected chi connectivity index (χ2v) is 5.94. The van der Waals surface area contributed by atoms with Gasteiger partial charge in [-0.15, -0.1) is 0 Å². The minimum atomic E-state index is -0.433. The lowest BCUT2D eigenvalue weighted by Crippen LogP contribution is -2.15. The van der Waals surface area contributed by atoms with Crippen molar-refractivity contribution in [2.75, 3.05) is 17.4 Å². The molecule has 0 radical (unpaired) electrons.